The Morgan fingerprint density at radius 3 is 2.50 bits per heavy atom. The molecule has 24 heavy (non-hydrogen) atoms. The van der Waals surface area contributed by atoms with Crippen LogP contribution >= 0.6 is 0 Å². The molecule has 0 fully saturated rings. The van der Waals surface area contributed by atoms with Crippen molar-refractivity contribution in [2.75, 3.05) is 7.11 Å². The molecule has 4 heteroatoms. The van der Waals surface area contributed by atoms with Crippen molar-refractivity contribution in [3.8, 4) is 11.5 Å². The van der Waals surface area contributed by atoms with Gasteiger partial charge in [0.2, 0.25) is 5.91 Å². The molecule has 0 aliphatic carbocycles. The van der Waals surface area contributed by atoms with Gasteiger partial charge >= 0.3 is 0 Å². The van der Waals surface area contributed by atoms with Crippen molar-refractivity contribution in [3.05, 3.63) is 65.7 Å². The fourth-order valence-corrected chi connectivity index (χ4v) is 2.18. The quantitative estimate of drug-likeness (QED) is 0.788. The van der Waals surface area contributed by atoms with E-state index >= 15 is 0 Å². The first-order chi connectivity index (χ1) is 11.6. The zero-order valence-corrected chi connectivity index (χ0v) is 14.3. The third-order valence-corrected chi connectivity index (χ3v) is 3.32. The summed E-state index contributed by atoms with van der Waals surface area (Å²) in [6.07, 6.45) is 3.40. The Labute approximate surface area is 143 Å². The second-order valence-corrected chi connectivity index (χ2v) is 5.60. The van der Waals surface area contributed by atoms with Gasteiger partial charge in [-0.15, -0.1) is 0 Å². The van der Waals surface area contributed by atoms with Crippen LogP contribution in [0.15, 0.2) is 54.6 Å². The van der Waals surface area contributed by atoms with E-state index in [2.05, 4.69) is 5.32 Å². The van der Waals surface area contributed by atoms with Gasteiger partial charge in [-0.3, -0.25) is 4.79 Å². The average molecular weight is 325 g/mol. The molecule has 0 aliphatic rings. The largest absolute Gasteiger partial charge is 0.496 e. The van der Waals surface area contributed by atoms with E-state index in [1.54, 1.807) is 13.2 Å². The Hall–Kier alpha value is -2.75. The fourth-order valence-electron chi connectivity index (χ4n) is 2.18. The molecule has 1 N–H and O–H groups in total. The Morgan fingerprint density at radius 1 is 1.12 bits per heavy atom. The molecule has 1 amide bonds. The number of nitrogens with one attached hydrogen (secondary N) is 1. The van der Waals surface area contributed by atoms with Gasteiger partial charge in [0.15, 0.2) is 0 Å². The smallest absolute Gasteiger partial charge is 0.244 e. The first-order valence-corrected chi connectivity index (χ1v) is 7.93. The van der Waals surface area contributed by atoms with E-state index in [0.29, 0.717) is 6.54 Å². The van der Waals surface area contributed by atoms with Crippen molar-refractivity contribution < 1.29 is 14.3 Å². The summed E-state index contributed by atoms with van der Waals surface area (Å²) in [6, 6.07) is 15.3. The maximum Gasteiger partial charge on any atom is 0.244 e. The minimum atomic E-state index is -0.150. The Kier molecular flexibility index (Phi) is 6.43. The maximum atomic E-state index is 11.9. The molecule has 126 valence electrons. The molecule has 0 heterocycles. The van der Waals surface area contributed by atoms with Crippen LogP contribution in [0, 0.1) is 0 Å². The van der Waals surface area contributed by atoms with E-state index in [1.165, 1.54) is 6.08 Å². The van der Waals surface area contributed by atoms with Crippen LogP contribution in [0.2, 0.25) is 0 Å². The number of para-hydroxylation sites is 1. The summed E-state index contributed by atoms with van der Waals surface area (Å²) >= 11 is 0. The number of carbonyl (C=O) groups is 1. The lowest BCUT2D eigenvalue weighted by atomic mass is 10.2. The normalized spacial score (nSPS) is 10.8. The highest BCUT2D eigenvalue weighted by atomic mass is 16.5. The summed E-state index contributed by atoms with van der Waals surface area (Å²) in [4.78, 5) is 11.9. The van der Waals surface area contributed by atoms with Crippen molar-refractivity contribution in [2.45, 2.75) is 26.5 Å². The molecular formula is C20H23NO3. The topological polar surface area (TPSA) is 47.6 Å². The number of methoxy groups -OCH3 is 1. The van der Waals surface area contributed by atoms with Crippen molar-refractivity contribution in [2.24, 2.45) is 0 Å². The molecule has 0 unspecified atom stereocenters. The number of hydrogen-bond acceptors (Lipinski definition) is 3. The van der Waals surface area contributed by atoms with Crippen molar-refractivity contribution in [1.29, 1.82) is 0 Å². The molecule has 0 saturated heterocycles. The number of ether oxygens (including phenoxy) is 2. The first kappa shape index (κ1) is 17.6. The highest BCUT2D eigenvalue weighted by Gasteiger charge is 2.01. The first-order valence-electron chi connectivity index (χ1n) is 7.93. The number of hydrogen-bond donors (Lipinski definition) is 1. The minimum absolute atomic E-state index is 0.149. The van der Waals surface area contributed by atoms with E-state index in [-0.39, 0.29) is 12.0 Å². The predicted molar refractivity (Wildman–Crippen MR) is 96.1 cm³/mol. The lowest BCUT2D eigenvalue weighted by Gasteiger charge is -2.10. The van der Waals surface area contributed by atoms with Gasteiger partial charge < -0.3 is 14.8 Å². The van der Waals surface area contributed by atoms with E-state index < -0.39 is 0 Å². The minimum Gasteiger partial charge on any atom is -0.496 e. The molecule has 0 atom stereocenters. The summed E-state index contributed by atoms with van der Waals surface area (Å²) in [5.74, 6) is 1.42. The van der Waals surface area contributed by atoms with E-state index in [0.717, 1.165) is 22.6 Å². The van der Waals surface area contributed by atoms with E-state index in [1.807, 2.05) is 62.4 Å². The van der Waals surface area contributed by atoms with Crippen molar-refractivity contribution >= 4 is 12.0 Å². The molecule has 2 rings (SSSR count). The summed E-state index contributed by atoms with van der Waals surface area (Å²) in [5, 5.41) is 2.86. The maximum absolute atomic E-state index is 11.9. The summed E-state index contributed by atoms with van der Waals surface area (Å²) in [6.45, 7) is 4.45. The Balaban J connectivity index is 1.87. The van der Waals surface area contributed by atoms with Crippen LogP contribution in [-0.4, -0.2) is 19.1 Å². The number of carbonyl (C=O) groups excluding carboxylic acids is 1. The predicted octanol–water partition coefficient (Wildman–Crippen LogP) is 3.81. The van der Waals surface area contributed by atoms with Crippen LogP contribution < -0.4 is 14.8 Å². The van der Waals surface area contributed by atoms with Crippen molar-refractivity contribution in [3.63, 3.8) is 0 Å². The molecule has 0 bridgehead atoms. The molecule has 2 aromatic rings. The molecular weight excluding hydrogens is 302 g/mol. The second kappa shape index (κ2) is 8.77. The van der Waals surface area contributed by atoms with Crippen LogP contribution in [0.4, 0.5) is 0 Å². The summed E-state index contributed by atoms with van der Waals surface area (Å²) < 4.78 is 10.8. The van der Waals surface area contributed by atoms with Gasteiger partial charge in [-0.05, 0) is 43.7 Å². The Morgan fingerprint density at radius 2 is 1.83 bits per heavy atom. The zero-order chi connectivity index (χ0) is 17.4. The highest BCUT2D eigenvalue weighted by Crippen LogP contribution is 2.18. The van der Waals surface area contributed by atoms with Crippen molar-refractivity contribution in [1.82, 2.24) is 5.32 Å². The Bertz CT molecular complexity index is 690. The zero-order valence-electron chi connectivity index (χ0n) is 14.3. The summed E-state index contributed by atoms with van der Waals surface area (Å²) in [7, 11) is 1.61. The van der Waals surface area contributed by atoms with Gasteiger partial charge in [-0.1, -0.05) is 30.3 Å². The van der Waals surface area contributed by atoms with Gasteiger partial charge in [0.25, 0.3) is 0 Å². The third-order valence-electron chi connectivity index (χ3n) is 3.32. The van der Waals surface area contributed by atoms with Crippen LogP contribution in [-0.2, 0) is 11.3 Å². The van der Waals surface area contributed by atoms with Crippen LogP contribution in [0.25, 0.3) is 6.08 Å². The van der Waals surface area contributed by atoms with Crippen LogP contribution in [0.5, 0.6) is 11.5 Å². The molecule has 0 radical (unpaired) electrons. The number of benzene rings is 2. The molecule has 4 nitrogen and oxygen atoms in total. The third kappa shape index (κ3) is 5.47. The number of rotatable bonds is 7. The molecule has 0 aliphatic heterocycles. The SMILES string of the molecule is COc1ccccc1/C=C/C(=O)NCc1ccc(OC(C)C)cc1. The van der Waals surface area contributed by atoms with Gasteiger partial charge in [0.1, 0.15) is 11.5 Å². The van der Waals surface area contributed by atoms with E-state index in [4.69, 9.17) is 9.47 Å². The monoisotopic (exact) mass is 325 g/mol. The van der Waals surface area contributed by atoms with Gasteiger partial charge in [0.05, 0.1) is 13.2 Å². The van der Waals surface area contributed by atoms with Crippen LogP contribution in [0.3, 0.4) is 0 Å². The molecule has 0 aromatic heterocycles. The van der Waals surface area contributed by atoms with Gasteiger partial charge in [0, 0.05) is 18.2 Å². The second-order valence-electron chi connectivity index (χ2n) is 5.60. The molecule has 0 spiro atoms. The summed E-state index contributed by atoms with van der Waals surface area (Å²) in [5.41, 5.74) is 1.88. The lowest BCUT2D eigenvalue weighted by molar-refractivity contribution is -0.116. The standard InChI is InChI=1S/C20H23NO3/c1-15(2)24-18-11-8-16(9-12-18)14-21-20(22)13-10-17-6-4-5-7-19(17)23-3/h4-13,15H,14H2,1-3H3,(H,21,22)/b13-10+. The van der Waals surface area contributed by atoms with E-state index in [9.17, 15) is 4.79 Å². The van der Waals surface area contributed by atoms with Gasteiger partial charge in [-0.25, -0.2) is 0 Å². The molecule has 2 aromatic carbocycles. The van der Waals surface area contributed by atoms with Crippen LogP contribution in [0.1, 0.15) is 25.0 Å². The van der Waals surface area contributed by atoms with Gasteiger partial charge in [-0.2, -0.15) is 0 Å². The highest BCUT2D eigenvalue weighted by molar-refractivity contribution is 5.92. The number of amides is 1. The molecule has 0 saturated carbocycles. The fraction of sp³-hybridized carbons (Fsp3) is 0.250. The average Bonchev–Trinajstić information content (AvgIpc) is 2.59. The lowest BCUT2D eigenvalue weighted by Crippen LogP contribution is -2.20.